The molecule has 2 aromatic carbocycles. The Labute approximate surface area is 252 Å². The molecule has 0 amide bonds. The molecule has 1 N–H and O–H groups in total. The van der Waals surface area contributed by atoms with Crippen molar-refractivity contribution in [3.8, 4) is 5.75 Å². The van der Waals surface area contributed by atoms with E-state index in [0.29, 0.717) is 36.3 Å². The summed E-state index contributed by atoms with van der Waals surface area (Å²) in [5.74, 6) is 0.561. The predicted molar refractivity (Wildman–Crippen MR) is 164 cm³/mol. The van der Waals surface area contributed by atoms with Crippen LogP contribution in [0.15, 0.2) is 42.7 Å². The SMILES string of the molecule is CCc1cc(Nc2cc(N3OCC[C@@H]3c3cc(F)cc(F)c3)ncn2)c(OC)cc1N1CCC(N2CCN(C)CC2)CC1. The molecular formula is C32H41F2N7O2. The zero-order valence-electron chi connectivity index (χ0n) is 25.2. The van der Waals surface area contributed by atoms with Crippen molar-refractivity contribution in [3.63, 3.8) is 0 Å². The summed E-state index contributed by atoms with van der Waals surface area (Å²) in [4.78, 5) is 22.3. The Morgan fingerprint density at radius 3 is 2.37 bits per heavy atom. The van der Waals surface area contributed by atoms with Gasteiger partial charge in [0, 0.05) is 75.6 Å². The second-order valence-electron chi connectivity index (χ2n) is 11.6. The first-order valence-corrected chi connectivity index (χ1v) is 15.3. The molecular weight excluding hydrogens is 552 g/mol. The van der Waals surface area contributed by atoms with Crippen LogP contribution in [0.25, 0.3) is 0 Å². The highest BCUT2D eigenvalue weighted by molar-refractivity contribution is 5.73. The highest BCUT2D eigenvalue weighted by Crippen LogP contribution is 2.38. The number of hydroxylamine groups is 1. The van der Waals surface area contributed by atoms with Gasteiger partial charge < -0.3 is 19.9 Å². The third-order valence-electron chi connectivity index (χ3n) is 8.96. The fraction of sp³-hybridized carbons (Fsp3) is 0.500. The number of ether oxygens (including phenoxy) is 1. The summed E-state index contributed by atoms with van der Waals surface area (Å²) in [7, 11) is 3.89. The molecule has 3 aromatic rings. The van der Waals surface area contributed by atoms with E-state index in [2.05, 4.69) is 56.1 Å². The monoisotopic (exact) mass is 593 g/mol. The average Bonchev–Trinajstić information content (AvgIpc) is 3.51. The zero-order chi connectivity index (χ0) is 29.9. The van der Waals surface area contributed by atoms with E-state index in [0.717, 1.165) is 63.2 Å². The topological polar surface area (TPSA) is 69.2 Å². The van der Waals surface area contributed by atoms with Crippen LogP contribution in [0.4, 0.5) is 31.8 Å². The third kappa shape index (κ3) is 6.53. The molecule has 11 heteroatoms. The van der Waals surface area contributed by atoms with Gasteiger partial charge in [0.2, 0.25) is 0 Å². The summed E-state index contributed by atoms with van der Waals surface area (Å²) in [6.45, 7) is 9.27. The van der Waals surface area contributed by atoms with Gasteiger partial charge in [-0.05, 0) is 55.6 Å². The molecule has 6 rings (SSSR count). The van der Waals surface area contributed by atoms with Crippen LogP contribution < -0.4 is 20.0 Å². The minimum Gasteiger partial charge on any atom is -0.494 e. The Morgan fingerprint density at radius 1 is 0.930 bits per heavy atom. The van der Waals surface area contributed by atoms with Crippen molar-refractivity contribution >= 4 is 23.0 Å². The molecule has 0 bridgehead atoms. The normalized spacial score (nSPS) is 20.5. The van der Waals surface area contributed by atoms with Gasteiger partial charge in [0.05, 0.1) is 25.4 Å². The van der Waals surface area contributed by atoms with Crippen molar-refractivity contribution < 1.29 is 18.4 Å². The number of rotatable bonds is 8. The lowest BCUT2D eigenvalue weighted by Gasteiger charge is -2.43. The van der Waals surface area contributed by atoms with Crippen LogP contribution >= 0.6 is 0 Å². The number of aromatic nitrogens is 2. The average molecular weight is 594 g/mol. The van der Waals surface area contributed by atoms with Gasteiger partial charge in [-0.1, -0.05) is 6.92 Å². The molecule has 43 heavy (non-hydrogen) atoms. The largest absolute Gasteiger partial charge is 0.494 e. The Bertz CT molecular complexity index is 1390. The maximum atomic E-state index is 14.0. The zero-order valence-corrected chi connectivity index (χ0v) is 25.2. The number of halogens is 2. The molecule has 1 atom stereocenters. The predicted octanol–water partition coefficient (Wildman–Crippen LogP) is 5.17. The number of hydrogen-bond donors (Lipinski definition) is 1. The Hall–Kier alpha value is -3.54. The maximum Gasteiger partial charge on any atom is 0.158 e. The van der Waals surface area contributed by atoms with Gasteiger partial charge in [0.15, 0.2) is 5.82 Å². The maximum absolute atomic E-state index is 14.0. The molecule has 9 nitrogen and oxygen atoms in total. The Balaban J connectivity index is 1.18. The van der Waals surface area contributed by atoms with Gasteiger partial charge in [-0.15, -0.1) is 0 Å². The molecule has 3 aliphatic heterocycles. The number of piperidine rings is 1. The van der Waals surface area contributed by atoms with Gasteiger partial charge in [0.1, 0.15) is 29.5 Å². The summed E-state index contributed by atoms with van der Waals surface area (Å²) < 4.78 is 33.8. The highest BCUT2D eigenvalue weighted by atomic mass is 19.1. The number of benzene rings is 2. The van der Waals surface area contributed by atoms with Crippen LogP contribution in [-0.2, 0) is 11.3 Å². The summed E-state index contributed by atoms with van der Waals surface area (Å²) >= 11 is 0. The van der Waals surface area contributed by atoms with Crippen LogP contribution in [0.3, 0.4) is 0 Å². The second kappa shape index (κ2) is 13.0. The van der Waals surface area contributed by atoms with Crippen molar-refractivity contribution in [1.29, 1.82) is 0 Å². The highest BCUT2D eigenvalue weighted by Gasteiger charge is 2.31. The Morgan fingerprint density at radius 2 is 1.67 bits per heavy atom. The number of aryl methyl sites for hydroxylation is 1. The number of nitrogens with one attached hydrogen (secondary N) is 1. The van der Waals surface area contributed by atoms with Crippen molar-refractivity contribution in [2.45, 2.75) is 44.7 Å². The molecule has 0 unspecified atom stereocenters. The molecule has 0 saturated carbocycles. The van der Waals surface area contributed by atoms with Crippen molar-refractivity contribution in [1.82, 2.24) is 19.8 Å². The van der Waals surface area contributed by atoms with Crippen LogP contribution in [0, 0.1) is 11.6 Å². The van der Waals surface area contributed by atoms with Crippen molar-refractivity contribution in [3.05, 3.63) is 65.5 Å². The molecule has 230 valence electrons. The first kappa shape index (κ1) is 29.5. The third-order valence-corrected chi connectivity index (χ3v) is 8.96. The van der Waals surface area contributed by atoms with E-state index in [1.54, 1.807) is 18.2 Å². The number of anilines is 4. The van der Waals surface area contributed by atoms with E-state index < -0.39 is 11.6 Å². The van der Waals surface area contributed by atoms with E-state index >= 15 is 0 Å². The molecule has 4 heterocycles. The van der Waals surface area contributed by atoms with Crippen LogP contribution in [-0.4, -0.2) is 85.8 Å². The van der Waals surface area contributed by atoms with E-state index in [1.807, 2.05) is 0 Å². The van der Waals surface area contributed by atoms with Gasteiger partial charge in [-0.2, -0.15) is 0 Å². The van der Waals surface area contributed by atoms with Gasteiger partial charge in [0.25, 0.3) is 0 Å². The summed E-state index contributed by atoms with van der Waals surface area (Å²) in [6.07, 6.45) is 5.25. The number of piperazine rings is 1. The number of likely N-dealkylation sites (N-methyl/N-ethyl adjacent to an activating group) is 1. The molecule has 3 saturated heterocycles. The molecule has 0 radical (unpaired) electrons. The van der Waals surface area contributed by atoms with Gasteiger partial charge in [-0.3, -0.25) is 9.74 Å². The van der Waals surface area contributed by atoms with Crippen molar-refractivity contribution in [2.24, 2.45) is 0 Å². The van der Waals surface area contributed by atoms with Crippen LogP contribution in [0.1, 0.15) is 43.4 Å². The summed E-state index contributed by atoms with van der Waals surface area (Å²) in [6, 6.07) is 9.89. The van der Waals surface area contributed by atoms with E-state index in [4.69, 9.17) is 9.57 Å². The lowest BCUT2D eigenvalue weighted by atomic mass is 9.99. The standard InChI is InChI=1S/C32H41F2N7O2/c1-4-22-17-27(30(42-3)19-29(22)40-8-5-26(6-9-40)39-12-10-38(2)11-13-39)37-31-20-32(36-21-35-31)41-28(7-14-43-41)23-15-24(33)18-25(34)16-23/h15-21,26,28H,4-14H2,1-3H3,(H,35,36,37)/t28-/m1/s1. The molecule has 0 aliphatic carbocycles. The van der Waals surface area contributed by atoms with Crippen LogP contribution in [0.2, 0.25) is 0 Å². The Kier molecular flexibility index (Phi) is 8.92. The smallest absolute Gasteiger partial charge is 0.158 e. The van der Waals surface area contributed by atoms with Crippen LogP contribution in [0.5, 0.6) is 5.75 Å². The van der Waals surface area contributed by atoms with Gasteiger partial charge >= 0.3 is 0 Å². The van der Waals surface area contributed by atoms with Gasteiger partial charge in [-0.25, -0.2) is 23.8 Å². The fourth-order valence-electron chi connectivity index (χ4n) is 6.56. The minimum atomic E-state index is -0.617. The molecule has 0 spiro atoms. The molecule has 1 aromatic heterocycles. The first-order valence-electron chi connectivity index (χ1n) is 15.3. The second-order valence-corrected chi connectivity index (χ2v) is 11.6. The fourth-order valence-corrected chi connectivity index (χ4v) is 6.56. The first-order chi connectivity index (χ1) is 20.9. The molecule has 3 aliphatic rings. The summed E-state index contributed by atoms with van der Waals surface area (Å²) in [5, 5.41) is 5.01. The summed E-state index contributed by atoms with van der Waals surface area (Å²) in [5.41, 5.74) is 3.78. The van der Waals surface area contributed by atoms with E-state index in [1.165, 1.54) is 42.6 Å². The number of methoxy groups -OCH3 is 1. The number of nitrogens with zero attached hydrogens (tertiary/aromatic N) is 6. The quantitative estimate of drug-likeness (QED) is 0.381. The minimum absolute atomic E-state index is 0.367. The molecule has 3 fully saturated rings. The lowest BCUT2D eigenvalue weighted by molar-refractivity contribution is 0.0982. The van der Waals surface area contributed by atoms with Crippen molar-refractivity contribution in [2.75, 3.05) is 75.3 Å². The lowest BCUT2D eigenvalue weighted by Crippen LogP contribution is -2.52. The van der Waals surface area contributed by atoms with E-state index in [-0.39, 0.29) is 6.04 Å². The number of hydrogen-bond acceptors (Lipinski definition) is 9. The van der Waals surface area contributed by atoms with E-state index in [9.17, 15) is 8.78 Å².